The Bertz CT molecular complexity index is 617. The Morgan fingerprint density at radius 2 is 1.96 bits per heavy atom. The van der Waals surface area contributed by atoms with Crippen LogP contribution in [0.4, 0.5) is 0 Å². The van der Waals surface area contributed by atoms with Crippen LogP contribution in [0.5, 0.6) is 5.75 Å². The predicted octanol–water partition coefficient (Wildman–Crippen LogP) is 2.76. The Balaban J connectivity index is 0.00000312. The zero-order chi connectivity index (χ0) is 17.6. The Morgan fingerprint density at radius 1 is 1.28 bits per heavy atom. The maximum atomic E-state index is 11.1. The van der Waals surface area contributed by atoms with E-state index in [0.29, 0.717) is 12.5 Å². The standard InChI is InChI=1S/C18H30N2O3S.ClH/c1-15-7-4-8-16(2)18(15)23-14-17-9-5-11-20(13-17)12-6-10-19-24(3,21)22;/h4,7-8,17,19H,5-6,9-14H2,1-3H3;1H. The smallest absolute Gasteiger partial charge is 0.208 e. The van der Waals surface area contributed by atoms with E-state index in [0.717, 1.165) is 38.4 Å². The summed E-state index contributed by atoms with van der Waals surface area (Å²) >= 11 is 0. The molecule has 1 unspecified atom stereocenters. The Hall–Kier alpha value is -0.820. The van der Waals surface area contributed by atoms with Gasteiger partial charge in [0.25, 0.3) is 0 Å². The van der Waals surface area contributed by atoms with Crippen molar-refractivity contribution < 1.29 is 13.2 Å². The second-order valence-electron chi connectivity index (χ2n) is 6.86. The van der Waals surface area contributed by atoms with Crippen molar-refractivity contribution in [1.29, 1.82) is 0 Å². The van der Waals surface area contributed by atoms with E-state index in [1.54, 1.807) is 0 Å². The molecule has 1 aliphatic heterocycles. The second-order valence-corrected chi connectivity index (χ2v) is 8.69. The number of sulfonamides is 1. The summed E-state index contributed by atoms with van der Waals surface area (Å²) in [4.78, 5) is 2.42. The summed E-state index contributed by atoms with van der Waals surface area (Å²) in [6, 6.07) is 6.24. The average molecular weight is 391 g/mol. The molecule has 2 rings (SSSR count). The van der Waals surface area contributed by atoms with Crippen molar-refractivity contribution in [3.63, 3.8) is 0 Å². The van der Waals surface area contributed by atoms with Gasteiger partial charge in [-0.1, -0.05) is 18.2 Å². The third-order valence-corrected chi connectivity index (χ3v) is 5.22. The molecule has 7 heteroatoms. The number of benzene rings is 1. The van der Waals surface area contributed by atoms with Crippen molar-refractivity contribution in [2.24, 2.45) is 5.92 Å². The van der Waals surface area contributed by atoms with Crippen molar-refractivity contribution in [3.8, 4) is 5.75 Å². The average Bonchev–Trinajstić information content (AvgIpc) is 2.51. The molecule has 1 atom stereocenters. The molecule has 25 heavy (non-hydrogen) atoms. The van der Waals surface area contributed by atoms with E-state index in [-0.39, 0.29) is 12.4 Å². The van der Waals surface area contributed by atoms with E-state index < -0.39 is 10.0 Å². The van der Waals surface area contributed by atoms with E-state index >= 15 is 0 Å². The zero-order valence-corrected chi connectivity index (χ0v) is 17.1. The quantitative estimate of drug-likeness (QED) is 0.693. The van der Waals surface area contributed by atoms with Crippen LogP contribution in [-0.2, 0) is 10.0 Å². The van der Waals surface area contributed by atoms with Crippen LogP contribution in [0, 0.1) is 19.8 Å². The molecule has 0 radical (unpaired) electrons. The minimum Gasteiger partial charge on any atom is -0.493 e. The van der Waals surface area contributed by atoms with Crippen LogP contribution in [0.2, 0.25) is 0 Å². The van der Waals surface area contributed by atoms with Crippen molar-refractivity contribution in [2.45, 2.75) is 33.1 Å². The number of para-hydroxylation sites is 1. The summed E-state index contributed by atoms with van der Waals surface area (Å²) < 4.78 is 30.8. The summed E-state index contributed by atoms with van der Waals surface area (Å²) in [7, 11) is -3.07. The molecule has 1 aromatic carbocycles. The first-order valence-corrected chi connectivity index (χ1v) is 10.6. The van der Waals surface area contributed by atoms with Gasteiger partial charge in [-0.05, 0) is 57.3 Å². The second kappa shape index (κ2) is 10.4. The summed E-state index contributed by atoms with van der Waals surface area (Å²) in [5.41, 5.74) is 2.38. The van der Waals surface area contributed by atoms with Crippen molar-refractivity contribution >= 4 is 22.4 Å². The van der Waals surface area contributed by atoms with Gasteiger partial charge in [0.15, 0.2) is 0 Å². The normalized spacial score (nSPS) is 18.6. The highest BCUT2D eigenvalue weighted by Crippen LogP contribution is 2.24. The van der Waals surface area contributed by atoms with Gasteiger partial charge >= 0.3 is 0 Å². The first-order chi connectivity index (χ1) is 11.3. The Morgan fingerprint density at radius 3 is 2.60 bits per heavy atom. The molecule has 0 amide bonds. The molecule has 1 fully saturated rings. The zero-order valence-electron chi connectivity index (χ0n) is 15.5. The van der Waals surface area contributed by atoms with Gasteiger partial charge in [0.1, 0.15) is 5.75 Å². The molecule has 0 aromatic heterocycles. The van der Waals surface area contributed by atoms with Gasteiger partial charge in [-0.15, -0.1) is 12.4 Å². The molecule has 1 N–H and O–H groups in total. The lowest BCUT2D eigenvalue weighted by Crippen LogP contribution is -2.39. The van der Waals surface area contributed by atoms with Crippen LogP contribution in [0.1, 0.15) is 30.4 Å². The lowest BCUT2D eigenvalue weighted by Gasteiger charge is -2.32. The topological polar surface area (TPSA) is 58.6 Å². The molecule has 0 aliphatic carbocycles. The van der Waals surface area contributed by atoms with Crippen LogP contribution in [0.3, 0.4) is 0 Å². The maximum absolute atomic E-state index is 11.1. The fourth-order valence-corrected chi connectivity index (χ4v) is 3.79. The number of piperidine rings is 1. The number of aryl methyl sites for hydroxylation is 2. The fraction of sp³-hybridized carbons (Fsp3) is 0.667. The molecule has 1 heterocycles. The number of hydrogen-bond acceptors (Lipinski definition) is 4. The molecule has 0 spiro atoms. The highest BCUT2D eigenvalue weighted by Gasteiger charge is 2.20. The van der Waals surface area contributed by atoms with Gasteiger partial charge in [-0.25, -0.2) is 13.1 Å². The largest absolute Gasteiger partial charge is 0.493 e. The Kier molecular flexibility index (Phi) is 9.21. The first kappa shape index (κ1) is 22.2. The summed E-state index contributed by atoms with van der Waals surface area (Å²) in [5.74, 6) is 1.56. The van der Waals surface area contributed by atoms with E-state index in [1.165, 1.54) is 30.2 Å². The highest BCUT2D eigenvalue weighted by atomic mass is 35.5. The molecule has 0 saturated carbocycles. The number of rotatable bonds is 8. The number of nitrogens with one attached hydrogen (secondary N) is 1. The highest BCUT2D eigenvalue weighted by molar-refractivity contribution is 7.88. The Labute approximate surface area is 158 Å². The number of hydrogen-bond donors (Lipinski definition) is 1. The van der Waals surface area contributed by atoms with Gasteiger partial charge in [0.05, 0.1) is 12.9 Å². The number of ether oxygens (including phenoxy) is 1. The first-order valence-electron chi connectivity index (χ1n) is 8.71. The van der Waals surface area contributed by atoms with Crippen LogP contribution in [0.25, 0.3) is 0 Å². The van der Waals surface area contributed by atoms with Crippen LogP contribution in [-0.4, -0.2) is 52.4 Å². The van der Waals surface area contributed by atoms with E-state index in [9.17, 15) is 8.42 Å². The van der Waals surface area contributed by atoms with Crippen molar-refractivity contribution in [2.75, 3.05) is 39.0 Å². The maximum Gasteiger partial charge on any atom is 0.208 e. The van der Waals surface area contributed by atoms with Crippen molar-refractivity contribution in [3.05, 3.63) is 29.3 Å². The minimum absolute atomic E-state index is 0. The molecule has 1 aliphatic rings. The lowest BCUT2D eigenvalue weighted by molar-refractivity contribution is 0.129. The van der Waals surface area contributed by atoms with Gasteiger partial charge in [0, 0.05) is 19.0 Å². The molecular formula is C18H31ClN2O3S. The van der Waals surface area contributed by atoms with Gasteiger partial charge in [-0.3, -0.25) is 0 Å². The van der Waals surface area contributed by atoms with E-state index in [2.05, 4.69) is 41.7 Å². The lowest BCUT2D eigenvalue weighted by atomic mass is 9.98. The number of likely N-dealkylation sites (tertiary alicyclic amines) is 1. The molecular weight excluding hydrogens is 360 g/mol. The van der Waals surface area contributed by atoms with Crippen molar-refractivity contribution in [1.82, 2.24) is 9.62 Å². The third-order valence-electron chi connectivity index (χ3n) is 4.49. The van der Waals surface area contributed by atoms with E-state index in [1.807, 2.05) is 0 Å². The molecule has 1 aromatic rings. The third kappa shape index (κ3) is 7.94. The summed E-state index contributed by atoms with van der Waals surface area (Å²) in [6.07, 6.45) is 4.43. The molecule has 5 nitrogen and oxygen atoms in total. The monoisotopic (exact) mass is 390 g/mol. The molecule has 1 saturated heterocycles. The van der Waals surface area contributed by atoms with Gasteiger partial charge in [0.2, 0.25) is 10.0 Å². The fourth-order valence-electron chi connectivity index (χ4n) is 3.28. The van der Waals surface area contributed by atoms with Crippen LogP contribution >= 0.6 is 12.4 Å². The van der Waals surface area contributed by atoms with Gasteiger partial charge in [-0.2, -0.15) is 0 Å². The van der Waals surface area contributed by atoms with Crippen LogP contribution in [0.15, 0.2) is 18.2 Å². The number of halogens is 1. The SMILES string of the molecule is Cc1cccc(C)c1OCC1CCCN(CCCNS(C)(=O)=O)C1.Cl. The molecule has 144 valence electrons. The van der Waals surface area contributed by atoms with Gasteiger partial charge < -0.3 is 9.64 Å². The van der Waals surface area contributed by atoms with Crippen LogP contribution < -0.4 is 9.46 Å². The summed E-state index contributed by atoms with van der Waals surface area (Å²) in [6.45, 7) is 8.50. The minimum atomic E-state index is -3.07. The number of nitrogens with zero attached hydrogens (tertiary/aromatic N) is 1. The predicted molar refractivity (Wildman–Crippen MR) is 105 cm³/mol. The van der Waals surface area contributed by atoms with E-state index in [4.69, 9.17) is 4.74 Å². The summed E-state index contributed by atoms with van der Waals surface area (Å²) in [5, 5.41) is 0. The molecule has 0 bridgehead atoms.